The molecule has 0 bridgehead atoms. The number of hydrogen-bond donors (Lipinski definition) is 0. The second kappa shape index (κ2) is 9.41. The molecule has 0 aliphatic carbocycles. The van der Waals surface area contributed by atoms with Gasteiger partial charge in [0.05, 0.1) is 0 Å². The summed E-state index contributed by atoms with van der Waals surface area (Å²) in [7, 11) is 0. The van der Waals surface area contributed by atoms with Crippen LogP contribution in [-0.4, -0.2) is 40.4 Å². The Balaban J connectivity index is 1.39. The van der Waals surface area contributed by atoms with Gasteiger partial charge in [-0.15, -0.1) is 0 Å². The summed E-state index contributed by atoms with van der Waals surface area (Å²) in [5, 5.41) is 0.141. The fourth-order valence-electron chi connectivity index (χ4n) is 4.45. The molecule has 2 aromatic carbocycles. The van der Waals surface area contributed by atoms with Crippen molar-refractivity contribution in [3.8, 4) is 16.9 Å². The molecule has 0 saturated carbocycles. The maximum atomic E-state index is 12.4. The lowest BCUT2D eigenvalue weighted by molar-refractivity contribution is -0.109. The summed E-state index contributed by atoms with van der Waals surface area (Å²) in [5.74, 6) is 1.67. The van der Waals surface area contributed by atoms with Crippen molar-refractivity contribution in [1.82, 2.24) is 4.90 Å². The number of ether oxygens (including phenoxy) is 2. The third-order valence-electron chi connectivity index (χ3n) is 6.29. The summed E-state index contributed by atoms with van der Waals surface area (Å²) >= 11 is 1.33. The van der Waals surface area contributed by atoms with E-state index in [1.165, 1.54) is 28.5 Å². The third kappa shape index (κ3) is 5.91. The SMILES string of the molecule is CC(=O)SCc1ccc(-c2ccc3c(c2)CCC2(CCN(C(=O)OC(C)(C)C)CC2)O3)cc1. The molecule has 0 aromatic heterocycles. The smallest absolute Gasteiger partial charge is 0.410 e. The van der Waals surface area contributed by atoms with E-state index in [1.54, 1.807) is 11.8 Å². The second-order valence-corrected chi connectivity index (χ2v) is 11.2. The van der Waals surface area contributed by atoms with E-state index in [9.17, 15) is 9.59 Å². The van der Waals surface area contributed by atoms with Crippen LogP contribution >= 0.6 is 11.8 Å². The molecule has 2 heterocycles. The molecule has 1 amide bonds. The predicted octanol–water partition coefficient (Wildman–Crippen LogP) is 6.23. The molecule has 1 spiro atoms. The van der Waals surface area contributed by atoms with Gasteiger partial charge in [-0.05, 0) is 68.0 Å². The molecule has 5 nitrogen and oxygen atoms in total. The molecule has 0 radical (unpaired) electrons. The zero-order chi connectivity index (χ0) is 23.6. The van der Waals surface area contributed by atoms with E-state index in [0.29, 0.717) is 18.8 Å². The number of amides is 1. The number of aryl methyl sites for hydroxylation is 1. The summed E-state index contributed by atoms with van der Waals surface area (Å²) in [6.45, 7) is 8.62. The lowest BCUT2D eigenvalue weighted by Crippen LogP contribution is -2.52. The van der Waals surface area contributed by atoms with E-state index < -0.39 is 5.60 Å². The number of carbonyl (C=O) groups excluding carboxylic acids is 2. The van der Waals surface area contributed by atoms with Crippen LogP contribution in [0.2, 0.25) is 0 Å². The Labute approximate surface area is 200 Å². The summed E-state index contributed by atoms with van der Waals surface area (Å²) < 4.78 is 12.1. The lowest BCUT2D eigenvalue weighted by Gasteiger charge is -2.44. The van der Waals surface area contributed by atoms with Crippen LogP contribution in [0.5, 0.6) is 5.75 Å². The molecule has 6 heteroatoms. The van der Waals surface area contributed by atoms with Gasteiger partial charge in [0, 0.05) is 38.6 Å². The van der Waals surface area contributed by atoms with E-state index in [2.05, 4.69) is 42.5 Å². The first-order chi connectivity index (χ1) is 15.6. The van der Waals surface area contributed by atoms with Crippen LogP contribution in [0.4, 0.5) is 4.79 Å². The van der Waals surface area contributed by atoms with E-state index in [4.69, 9.17) is 9.47 Å². The lowest BCUT2D eigenvalue weighted by atomic mass is 9.82. The monoisotopic (exact) mass is 467 g/mol. The van der Waals surface area contributed by atoms with Crippen LogP contribution in [0, 0.1) is 0 Å². The van der Waals surface area contributed by atoms with Gasteiger partial charge in [0.15, 0.2) is 5.12 Å². The maximum absolute atomic E-state index is 12.4. The average molecular weight is 468 g/mol. The van der Waals surface area contributed by atoms with E-state index >= 15 is 0 Å². The van der Waals surface area contributed by atoms with Gasteiger partial charge in [-0.1, -0.05) is 42.1 Å². The Morgan fingerprint density at radius 2 is 1.70 bits per heavy atom. The van der Waals surface area contributed by atoms with Crippen LogP contribution in [-0.2, 0) is 21.7 Å². The third-order valence-corrected chi connectivity index (χ3v) is 7.18. The molecule has 2 aliphatic rings. The number of likely N-dealkylation sites (tertiary alicyclic amines) is 1. The van der Waals surface area contributed by atoms with Crippen LogP contribution < -0.4 is 4.74 Å². The molecule has 0 unspecified atom stereocenters. The van der Waals surface area contributed by atoms with Crippen molar-refractivity contribution in [2.75, 3.05) is 13.1 Å². The van der Waals surface area contributed by atoms with Gasteiger partial charge < -0.3 is 14.4 Å². The topological polar surface area (TPSA) is 55.8 Å². The van der Waals surface area contributed by atoms with Gasteiger partial charge in [-0.2, -0.15) is 0 Å². The van der Waals surface area contributed by atoms with Gasteiger partial charge in [0.2, 0.25) is 0 Å². The fraction of sp³-hybridized carbons (Fsp3) is 0.481. The van der Waals surface area contributed by atoms with Crippen molar-refractivity contribution < 1.29 is 19.1 Å². The molecule has 4 rings (SSSR count). The number of piperidine rings is 1. The van der Waals surface area contributed by atoms with Gasteiger partial charge in [0.1, 0.15) is 17.0 Å². The Bertz CT molecular complexity index is 1020. The molecule has 0 N–H and O–H groups in total. The first-order valence-corrected chi connectivity index (χ1v) is 12.6. The summed E-state index contributed by atoms with van der Waals surface area (Å²) in [6, 6.07) is 14.9. The largest absolute Gasteiger partial charge is 0.487 e. The van der Waals surface area contributed by atoms with Crippen LogP contribution in [0.1, 0.15) is 58.1 Å². The Morgan fingerprint density at radius 3 is 2.33 bits per heavy atom. The number of hydrogen-bond acceptors (Lipinski definition) is 5. The van der Waals surface area contributed by atoms with Crippen molar-refractivity contribution in [1.29, 1.82) is 0 Å². The van der Waals surface area contributed by atoms with E-state index in [1.807, 2.05) is 20.8 Å². The molecule has 176 valence electrons. The van der Waals surface area contributed by atoms with E-state index in [-0.39, 0.29) is 16.8 Å². The normalized spacial score (nSPS) is 17.3. The highest BCUT2D eigenvalue weighted by molar-refractivity contribution is 8.12. The molecule has 0 atom stereocenters. The predicted molar refractivity (Wildman–Crippen MR) is 133 cm³/mol. The van der Waals surface area contributed by atoms with Crippen molar-refractivity contribution in [3.63, 3.8) is 0 Å². The fourth-order valence-corrected chi connectivity index (χ4v) is 5.02. The number of rotatable bonds is 3. The molecule has 33 heavy (non-hydrogen) atoms. The number of carbonyl (C=O) groups is 2. The number of thioether (sulfide) groups is 1. The minimum Gasteiger partial charge on any atom is -0.487 e. The zero-order valence-electron chi connectivity index (χ0n) is 20.0. The Morgan fingerprint density at radius 1 is 1.03 bits per heavy atom. The minimum atomic E-state index is -0.474. The molecule has 1 fully saturated rings. The van der Waals surface area contributed by atoms with E-state index in [0.717, 1.165) is 37.0 Å². The minimum absolute atomic E-state index is 0.141. The van der Waals surface area contributed by atoms with Gasteiger partial charge >= 0.3 is 6.09 Å². The summed E-state index contributed by atoms with van der Waals surface area (Å²) in [6.07, 6.45) is 3.36. The average Bonchev–Trinajstić information content (AvgIpc) is 2.77. The van der Waals surface area contributed by atoms with Crippen LogP contribution in [0.25, 0.3) is 11.1 Å². The number of benzene rings is 2. The Hall–Kier alpha value is -2.47. The van der Waals surface area contributed by atoms with Crippen molar-refractivity contribution in [2.45, 2.75) is 70.3 Å². The maximum Gasteiger partial charge on any atom is 0.410 e. The highest BCUT2D eigenvalue weighted by Gasteiger charge is 2.41. The summed E-state index contributed by atoms with van der Waals surface area (Å²) in [5.41, 5.74) is 4.07. The highest BCUT2D eigenvalue weighted by Crippen LogP contribution is 2.41. The van der Waals surface area contributed by atoms with Gasteiger partial charge in [-0.25, -0.2) is 4.79 Å². The molecular formula is C27H33NO4S. The van der Waals surface area contributed by atoms with Crippen molar-refractivity contribution in [3.05, 3.63) is 53.6 Å². The first-order valence-electron chi connectivity index (χ1n) is 11.7. The van der Waals surface area contributed by atoms with Crippen LogP contribution in [0.3, 0.4) is 0 Å². The van der Waals surface area contributed by atoms with Gasteiger partial charge in [0.25, 0.3) is 0 Å². The second-order valence-electron chi connectivity index (χ2n) is 10.1. The highest BCUT2D eigenvalue weighted by atomic mass is 32.2. The summed E-state index contributed by atoms with van der Waals surface area (Å²) in [4.78, 5) is 25.4. The molecule has 1 saturated heterocycles. The number of nitrogens with zero attached hydrogens (tertiary/aromatic N) is 1. The Kier molecular flexibility index (Phi) is 6.76. The van der Waals surface area contributed by atoms with Crippen LogP contribution in [0.15, 0.2) is 42.5 Å². The quantitative estimate of drug-likeness (QED) is 0.536. The first kappa shape index (κ1) is 23.7. The molecule has 2 aliphatic heterocycles. The van der Waals surface area contributed by atoms with Crippen molar-refractivity contribution >= 4 is 23.0 Å². The van der Waals surface area contributed by atoms with Crippen molar-refractivity contribution in [2.24, 2.45) is 0 Å². The van der Waals surface area contributed by atoms with Gasteiger partial charge in [-0.3, -0.25) is 4.79 Å². The molecular weight excluding hydrogens is 434 g/mol. The standard InChI is InChI=1S/C27H33NO4S/c1-19(29)33-18-20-5-7-21(8-6-20)22-9-10-24-23(17-22)11-12-27(31-24)13-15-28(16-14-27)25(30)32-26(2,3)4/h5-10,17H,11-16,18H2,1-4H3. The molecule has 2 aromatic rings. The number of fused-ring (bicyclic) bond motifs is 1. The zero-order valence-corrected chi connectivity index (χ0v) is 20.8.